The van der Waals surface area contributed by atoms with E-state index >= 15 is 0 Å². The lowest BCUT2D eigenvalue weighted by atomic mass is 9.76. The molecule has 0 saturated carbocycles. The molecule has 2 unspecified atom stereocenters. The standard InChI is InChI=1S/C18H27NO2/c1-17(2)11-14(18(3,4)21-17)16-13-7-6-8-15(20-5)12(13)9-10-19-16/h6-8,14,16,19H,9-11H2,1-5H3. The minimum Gasteiger partial charge on any atom is -0.496 e. The average Bonchev–Trinajstić information content (AvgIpc) is 2.65. The third-order valence-electron chi connectivity index (χ3n) is 5.01. The Labute approximate surface area is 128 Å². The molecule has 2 aliphatic heterocycles. The Hall–Kier alpha value is -1.06. The highest BCUT2D eigenvalue weighted by molar-refractivity contribution is 5.44. The summed E-state index contributed by atoms with van der Waals surface area (Å²) in [7, 11) is 1.76. The van der Waals surface area contributed by atoms with Crippen molar-refractivity contribution in [1.29, 1.82) is 0 Å². The molecule has 0 bridgehead atoms. The summed E-state index contributed by atoms with van der Waals surface area (Å²) in [6.07, 6.45) is 2.11. The lowest BCUT2D eigenvalue weighted by Gasteiger charge is -2.37. The molecule has 0 radical (unpaired) electrons. The van der Waals surface area contributed by atoms with E-state index in [9.17, 15) is 0 Å². The second-order valence-corrected chi connectivity index (χ2v) is 7.49. The Kier molecular flexibility index (Phi) is 3.53. The number of benzene rings is 1. The average molecular weight is 289 g/mol. The van der Waals surface area contributed by atoms with Gasteiger partial charge in [-0.2, -0.15) is 0 Å². The predicted octanol–water partition coefficient (Wildman–Crippen LogP) is 3.48. The lowest BCUT2D eigenvalue weighted by molar-refractivity contribution is -0.0780. The van der Waals surface area contributed by atoms with E-state index in [1.165, 1.54) is 11.1 Å². The van der Waals surface area contributed by atoms with E-state index in [4.69, 9.17) is 9.47 Å². The predicted molar refractivity (Wildman–Crippen MR) is 84.8 cm³/mol. The largest absolute Gasteiger partial charge is 0.496 e. The van der Waals surface area contributed by atoms with Crippen molar-refractivity contribution in [2.75, 3.05) is 13.7 Å². The van der Waals surface area contributed by atoms with Crippen LogP contribution < -0.4 is 10.1 Å². The van der Waals surface area contributed by atoms with Gasteiger partial charge in [-0.05, 0) is 58.7 Å². The van der Waals surface area contributed by atoms with E-state index in [1.807, 2.05) is 0 Å². The Bertz CT molecular complexity index is 536. The van der Waals surface area contributed by atoms with Crippen LogP contribution in [0, 0.1) is 5.92 Å². The van der Waals surface area contributed by atoms with Gasteiger partial charge in [0.05, 0.1) is 18.3 Å². The van der Waals surface area contributed by atoms with Gasteiger partial charge in [-0.3, -0.25) is 0 Å². The first-order valence-corrected chi connectivity index (χ1v) is 7.93. The Morgan fingerprint density at radius 3 is 2.62 bits per heavy atom. The molecule has 0 amide bonds. The number of hydrogen-bond acceptors (Lipinski definition) is 3. The van der Waals surface area contributed by atoms with Gasteiger partial charge in [-0.1, -0.05) is 12.1 Å². The summed E-state index contributed by atoms with van der Waals surface area (Å²) >= 11 is 0. The maximum Gasteiger partial charge on any atom is 0.122 e. The SMILES string of the molecule is COc1cccc2c1CCNC2C1CC(C)(C)OC1(C)C. The van der Waals surface area contributed by atoms with Gasteiger partial charge in [-0.25, -0.2) is 0 Å². The van der Waals surface area contributed by atoms with Crippen LogP contribution in [0.4, 0.5) is 0 Å². The topological polar surface area (TPSA) is 30.5 Å². The molecule has 2 heterocycles. The molecule has 3 nitrogen and oxygen atoms in total. The monoisotopic (exact) mass is 289 g/mol. The van der Waals surface area contributed by atoms with Crippen LogP contribution in [-0.4, -0.2) is 24.9 Å². The number of ether oxygens (including phenoxy) is 2. The fourth-order valence-electron chi connectivity index (χ4n) is 4.28. The molecule has 1 fully saturated rings. The molecular weight excluding hydrogens is 262 g/mol. The first kappa shape index (κ1) is 14.9. The quantitative estimate of drug-likeness (QED) is 0.904. The molecule has 1 aromatic carbocycles. The molecule has 3 heteroatoms. The Morgan fingerprint density at radius 1 is 1.24 bits per heavy atom. The first-order valence-electron chi connectivity index (χ1n) is 7.93. The van der Waals surface area contributed by atoms with Gasteiger partial charge in [-0.15, -0.1) is 0 Å². The van der Waals surface area contributed by atoms with Crippen LogP contribution in [0.1, 0.15) is 51.3 Å². The second-order valence-electron chi connectivity index (χ2n) is 7.49. The molecule has 0 aromatic heterocycles. The molecule has 0 spiro atoms. The summed E-state index contributed by atoms with van der Waals surface area (Å²) in [6, 6.07) is 6.77. The van der Waals surface area contributed by atoms with Crippen molar-refractivity contribution < 1.29 is 9.47 Å². The third kappa shape index (κ3) is 2.58. The number of fused-ring (bicyclic) bond motifs is 1. The van der Waals surface area contributed by atoms with Crippen molar-refractivity contribution in [3.05, 3.63) is 29.3 Å². The minimum absolute atomic E-state index is 0.0493. The number of rotatable bonds is 2. The molecule has 0 aliphatic carbocycles. The van der Waals surface area contributed by atoms with E-state index in [0.29, 0.717) is 12.0 Å². The number of nitrogens with one attached hydrogen (secondary N) is 1. The van der Waals surface area contributed by atoms with Crippen LogP contribution in [0.5, 0.6) is 5.75 Å². The first-order chi connectivity index (χ1) is 9.84. The van der Waals surface area contributed by atoms with Crippen LogP contribution >= 0.6 is 0 Å². The van der Waals surface area contributed by atoms with E-state index < -0.39 is 0 Å². The van der Waals surface area contributed by atoms with E-state index in [-0.39, 0.29) is 11.2 Å². The smallest absolute Gasteiger partial charge is 0.122 e. The molecule has 3 rings (SSSR count). The Balaban J connectivity index is 1.99. The molecule has 1 saturated heterocycles. The third-order valence-corrected chi connectivity index (χ3v) is 5.01. The van der Waals surface area contributed by atoms with Gasteiger partial charge in [0.15, 0.2) is 0 Å². The van der Waals surface area contributed by atoms with Crippen LogP contribution in [0.3, 0.4) is 0 Å². The van der Waals surface area contributed by atoms with Gasteiger partial charge in [0.2, 0.25) is 0 Å². The van der Waals surface area contributed by atoms with E-state index in [1.54, 1.807) is 7.11 Å². The molecular formula is C18H27NO2. The summed E-state index contributed by atoms with van der Waals surface area (Å²) in [5, 5.41) is 3.73. The molecule has 116 valence electrons. The zero-order chi connectivity index (χ0) is 15.3. The van der Waals surface area contributed by atoms with Crippen LogP contribution in [0.2, 0.25) is 0 Å². The summed E-state index contributed by atoms with van der Waals surface area (Å²) in [6.45, 7) is 9.85. The minimum atomic E-state index is -0.112. The summed E-state index contributed by atoms with van der Waals surface area (Å²) in [4.78, 5) is 0. The fourth-order valence-corrected chi connectivity index (χ4v) is 4.28. The van der Waals surface area contributed by atoms with Crippen molar-refractivity contribution in [3.63, 3.8) is 0 Å². The normalized spacial score (nSPS) is 30.0. The molecule has 21 heavy (non-hydrogen) atoms. The highest BCUT2D eigenvalue weighted by Crippen LogP contribution is 2.49. The zero-order valence-corrected chi connectivity index (χ0v) is 13.8. The second kappa shape index (κ2) is 4.99. The van der Waals surface area contributed by atoms with Crippen molar-refractivity contribution in [2.24, 2.45) is 5.92 Å². The fraction of sp³-hybridized carbons (Fsp3) is 0.667. The van der Waals surface area contributed by atoms with E-state index in [2.05, 4.69) is 51.2 Å². The highest BCUT2D eigenvalue weighted by Gasteiger charge is 2.50. The summed E-state index contributed by atoms with van der Waals surface area (Å²) < 4.78 is 11.9. The maximum atomic E-state index is 6.30. The summed E-state index contributed by atoms with van der Waals surface area (Å²) in [5.41, 5.74) is 2.59. The van der Waals surface area contributed by atoms with Crippen LogP contribution in [0.25, 0.3) is 0 Å². The van der Waals surface area contributed by atoms with Gasteiger partial charge >= 0.3 is 0 Å². The molecule has 1 N–H and O–H groups in total. The van der Waals surface area contributed by atoms with Gasteiger partial charge < -0.3 is 14.8 Å². The molecule has 2 atom stereocenters. The van der Waals surface area contributed by atoms with Gasteiger partial charge in [0.1, 0.15) is 5.75 Å². The van der Waals surface area contributed by atoms with Crippen LogP contribution in [0.15, 0.2) is 18.2 Å². The highest BCUT2D eigenvalue weighted by atomic mass is 16.5. The lowest BCUT2D eigenvalue weighted by Crippen LogP contribution is -2.41. The zero-order valence-electron chi connectivity index (χ0n) is 13.8. The van der Waals surface area contributed by atoms with Gasteiger partial charge in [0.25, 0.3) is 0 Å². The van der Waals surface area contributed by atoms with Crippen molar-refractivity contribution in [3.8, 4) is 5.75 Å². The van der Waals surface area contributed by atoms with Crippen molar-refractivity contribution in [1.82, 2.24) is 5.32 Å². The van der Waals surface area contributed by atoms with Gasteiger partial charge in [0, 0.05) is 17.5 Å². The van der Waals surface area contributed by atoms with Crippen molar-refractivity contribution >= 4 is 0 Å². The maximum absolute atomic E-state index is 6.30. The number of hydrogen-bond donors (Lipinski definition) is 1. The molecule has 1 aromatic rings. The van der Waals surface area contributed by atoms with E-state index in [0.717, 1.165) is 25.1 Å². The Morgan fingerprint density at radius 2 is 2.00 bits per heavy atom. The molecule has 2 aliphatic rings. The van der Waals surface area contributed by atoms with Crippen molar-refractivity contribution in [2.45, 2.75) is 57.8 Å². The summed E-state index contributed by atoms with van der Waals surface area (Å²) in [5.74, 6) is 1.49. The van der Waals surface area contributed by atoms with Crippen LogP contribution in [-0.2, 0) is 11.2 Å². The number of methoxy groups -OCH3 is 1.